The van der Waals surface area contributed by atoms with Crippen LogP contribution >= 0.6 is 0 Å². The van der Waals surface area contributed by atoms with Crippen LogP contribution in [0.4, 0.5) is 0 Å². The predicted molar refractivity (Wildman–Crippen MR) is 114 cm³/mol. The largest absolute Gasteiger partial charge is 0.493 e. The van der Waals surface area contributed by atoms with Crippen molar-refractivity contribution >= 4 is 22.1 Å². The Bertz CT molecular complexity index is 1470. The Hall–Kier alpha value is -4.34. The fraction of sp³-hybridized carbons (Fsp3) is 0.182. The van der Waals surface area contributed by atoms with Gasteiger partial charge in [0.15, 0.2) is 11.5 Å². The maximum Gasteiger partial charge on any atom is 0.297 e. The molecule has 0 amide bonds. The minimum absolute atomic E-state index is 0.0379. The van der Waals surface area contributed by atoms with Crippen molar-refractivity contribution in [1.29, 1.82) is 0 Å². The van der Waals surface area contributed by atoms with Gasteiger partial charge in [-0.05, 0) is 24.3 Å². The Balaban J connectivity index is 1.50. The molecule has 32 heavy (non-hydrogen) atoms. The summed E-state index contributed by atoms with van der Waals surface area (Å²) < 4.78 is 28.5. The number of rotatable bonds is 6. The molecule has 5 rings (SSSR count). The second-order valence-electron chi connectivity index (χ2n) is 6.88. The first-order valence-corrected chi connectivity index (χ1v) is 9.62. The smallest absolute Gasteiger partial charge is 0.297 e. The van der Waals surface area contributed by atoms with Gasteiger partial charge >= 0.3 is 0 Å². The molecule has 0 saturated carbocycles. The molecule has 0 radical (unpaired) electrons. The van der Waals surface area contributed by atoms with E-state index in [1.807, 2.05) is 18.2 Å². The molecule has 0 bridgehead atoms. The maximum atomic E-state index is 12.9. The molecule has 10 nitrogen and oxygen atoms in total. The highest BCUT2D eigenvalue weighted by Gasteiger charge is 2.19. The molecular formula is C22H18N4O6. The second kappa shape index (κ2) is 7.73. The lowest BCUT2D eigenvalue weighted by Crippen LogP contribution is -2.20. The average molecular weight is 434 g/mol. The summed E-state index contributed by atoms with van der Waals surface area (Å²) in [7, 11) is 4.57. The zero-order valence-electron chi connectivity index (χ0n) is 17.5. The Morgan fingerprint density at radius 2 is 1.78 bits per heavy atom. The summed E-state index contributed by atoms with van der Waals surface area (Å²) in [5, 5.41) is 4.80. The number of hydrogen-bond acceptors (Lipinski definition) is 9. The molecule has 0 spiro atoms. The van der Waals surface area contributed by atoms with Crippen molar-refractivity contribution in [2.75, 3.05) is 21.3 Å². The third-order valence-corrected chi connectivity index (χ3v) is 5.05. The van der Waals surface area contributed by atoms with E-state index in [0.29, 0.717) is 39.7 Å². The highest BCUT2D eigenvalue weighted by molar-refractivity contribution is 6.01. The highest BCUT2D eigenvalue weighted by atomic mass is 16.5. The van der Waals surface area contributed by atoms with Crippen LogP contribution in [-0.4, -0.2) is 41.0 Å². The number of fused-ring (bicyclic) bond motifs is 3. The van der Waals surface area contributed by atoms with Gasteiger partial charge in [0, 0.05) is 10.9 Å². The van der Waals surface area contributed by atoms with Gasteiger partial charge in [-0.3, -0.25) is 9.36 Å². The van der Waals surface area contributed by atoms with Gasteiger partial charge in [-0.2, -0.15) is 4.98 Å². The molecule has 0 saturated heterocycles. The van der Waals surface area contributed by atoms with Gasteiger partial charge in [-0.1, -0.05) is 17.3 Å². The van der Waals surface area contributed by atoms with E-state index in [1.165, 1.54) is 32.2 Å². The second-order valence-corrected chi connectivity index (χ2v) is 6.88. The van der Waals surface area contributed by atoms with Gasteiger partial charge < -0.3 is 23.2 Å². The molecule has 162 valence electrons. The molecule has 0 atom stereocenters. The molecule has 0 aliphatic heterocycles. The van der Waals surface area contributed by atoms with Crippen molar-refractivity contribution in [3.05, 3.63) is 59.0 Å². The van der Waals surface area contributed by atoms with Crippen LogP contribution in [0.2, 0.25) is 0 Å². The zero-order valence-corrected chi connectivity index (χ0v) is 17.5. The van der Waals surface area contributed by atoms with Crippen LogP contribution in [-0.2, 0) is 6.54 Å². The zero-order chi connectivity index (χ0) is 22.2. The van der Waals surface area contributed by atoms with Gasteiger partial charge in [0.25, 0.3) is 5.56 Å². The third-order valence-electron chi connectivity index (χ3n) is 5.05. The Morgan fingerprint density at radius 1 is 1.03 bits per heavy atom. The van der Waals surface area contributed by atoms with Crippen molar-refractivity contribution in [2.24, 2.45) is 0 Å². The summed E-state index contributed by atoms with van der Waals surface area (Å²) in [6, 6.07) is 10.8. The molecule has 0 unspecified atom stereocenters. The summed E-state index contributed by atoms with van der Waals surface area (Å²) in [5.74, 6) is 1.92. The van der Waals surface area contributed by atoms with E-state index in [4.69, 9.17) is 23.2 Å². The van der Waals surface area contributed by atoms with Crippen LogP contribution in [0.1, 0.15) is 5.89 Å². The highest BCUT2D eigenvalue weighted by Crippen LogP contribution is 2.40. The van der Waals surface area contributed by atoms with Crippen LogP contribution in [0.15, 0.2) is 56.5 Å². The molecule has 3 heterocycles. The van der Waals surface area contributed by atoms with Gasteiger partial charge in [-0.15, -0.1) is 0 Å². The number of para-hydroxylation sites is 1. The molecule has 2 aromatic carbocycles. The summed E-state index contributed by atoms with van der Waals surface area (Å²) in [6.07, 6.45) is 1.44. The van der Waals surface area contributed by atoms with E-state index in [-0.39, 0.29) is 23.6 Å². The first-order chi connectivity index (χ1) is 15.6. The minimum Gasteiger partial charge on any atom is -0.493 e. The molecule has 0 fully saturated rings. The lowest BCUT2D eigenvalue weighted by Gasteiger charge is -2.12. The fourth-order valence-electron chi connectivity index (χ4n) is 3.52. The quantitative estimate of drug-likeness (QED) is 0.397. The summed E-state index contributed by atoms with van der Waals surface area (Å²) in [5.41, 5.74) is 1.57. The molecule has 0 N–H and O–H groups in total. The maximum absolute atomic E-state index is 12.9. The monoisotopic (exact) mass is 434 g/mol. The number of aromatic nitrogens is 4. The predicted octanol–water partition coefficient (Wildman–Crippen LogP) is 3.27. The average Bonchev–Trinajstić information content (AvgIpc) is 3.45. The SMILES string of the molecule is COc1cc(-c2noc(Cn3cnc4c(oc5ccccc54)c3=O)n2)cc(OC)c1OC. The number of methoxy groups -OCH3 is 3. The Morgan fingerprint density at radius 3 is 2.50 bits per heavy atom. The fourth-order valence-corrected chi connectivity index (χ4v) is 3.52. The van der Waals surface area contributed by atoms with E-state index in [1.54, 1.807) is 18.2 Å². The molecular weight excluding hydrogens is 416 g/mol. The van der Waals surface area contributed by atoms with Crippen LogP contribution < -0.4 is 19.8 Å². The molecule has 10 heteroatoms. The van der Waals surface area contributed by atoms with Gasteiger partial charge in [0.1, 0.15) is 17.6 Å². The van der Waals surface area contributed by atoms with Gasteiger partial charge in [0.2, 0.25) is 23.0 Å². The van der Waals surface area contributed by atoms with E-state index < -0.39 is 0 Å². The number of hydrogen-bond donors (Lipinski definition) is 0. The third kappa shape index (κ3) is 3.13. The minimum atomic E-state index is -0.335. The lowest BCUT2D eigenvalue weighted by atomic mass is 10.1. The first-order valence-electron chi connectivity index (χ1n) is 9.62. The van der Waals surface area contributed by atoms with E-state index in [0.717, 1.165) is 5.39 Å². The van der Waals surface area contributed by atoms with E-state index in [9.17, 15) is 4.79 Å². The van der Waals surface area contributed by atoms with Gasteiger partial charge in [-0.25, -0.2) is 4.98 Å². The molecule has 3 aromatic heterocycles. The number of benzene rings is 2. The van der Waals surface area contributed by atoms with Crippen molar-refractivity contribution in [3.63, 3.8) is 0 Å². The van der Waals surface area contributed by atoms with Crippen molar-refractivity contribution in [3.8, 4) is 28.6 Å². The number of furan rings is 1. The molecule has 5 aromatic rings. The van der Waals surface area contributed by atoms with E-state index in [2.05, 4.69) is 15.1 Å². The Labute approximate surface area is 180 Å². The first kappa shape index (κ1) is 19.6. The van der Waals surface area contributed by atoms with Gasteiger partial charge in [0.05, 0.1) is 27.7 Å². The number of nitrogens with zero attached hydrogens (tertiary/aromatic N) is 4. The van der Waals surface area contributed by atoms with Crippen molar-refractivity contribution in [2.45, 2.75) is 6.54 Å². The summed E-state index contributed by atoms with van der Waals surface area (Å²) in [4.78, 5) is 21.7. The van der Waals surface area contributed by atoms with Crippen LogP contribution in [0.5, 0.6) is 17.2 Å². The van der Waals surface area contributed by atoms with Crippen molar-refractivity contribution in [1.82, 2.24) is 19.7 Å². The lowest BCUT2D eigenvalue weighted by molar-refractivity contribution is 0.324. The van der Waals surface area contributed by atoms with E-state index >= 15 is 0 Å². The summed E-state index contributed by atoms with van der Waals surface area (Å²) in [6.45, 7) is 0.0379. The normalized spacial score (nSPS) is 11.2. The standard InChI is InChI=1S/C22H18N4O6/c1-28-15-8-12(9-16(29-2)19(15)30-3)21-24-17(32-25-21)10-26-11-23-18-13-6-4-5-7-14(13)31-20(18)22(26)27/h4-9,11H,10H2,1-3H3. The Kier molecular flexibility index (Phi) is 4.74. The van der Waals surface area contributed by atoms with Crippen molar-refractivity contribution < 1.29 is 23.2 Å². The summed E-state index contributed by atoms with van der Waals surface area (Å²) >= 11 is 0. The van der Waals surface area contributed by atoms with Crippen LogP contribution in [0.3, 0.4) is 0 Å². The number of ether oxygens (including phenoxy) is 3. The molecule has 0 aliphatic carbocycles. The topological polar surface area (TPSA) is 115 Å². The van der Waals surface area contributed by atoms with Crippen LogP contribution in [0.25, 0.3) is 33.5 Å². The molecule has 0 aliphatic rings. The van der Waals surface area contributed by atoms with Crippen LogP contribution in [0, 0.1) is 0 Å².